The quantitative estimate of drug-likeness (QED) is 0.799. The maximum atomic E-state index is 12.0. The minimum atomic E-state index is -0.802. The van der Waals surface area contributed by atoms with Crippen molar-refractivity contribution in [3.8, 4) is 0 Å². The maximum absolute atomic E-state index is 12.0. The van der Waals surface area contributed by atoms with Crippen molar-refractivity contribution in [1.29, 1.82) is 0 Å². The van der Waals surface area contributed by atoms with Gasteiger partial charge in [0.05, 0.1) is 5.92 Å². The summed E-state index contributed by atoms with van der Waals surface area (Å²) in [6.07, 6.45) is 4.34. The zero-order chi connectivity index (χ0) is 13.5. The van der Waals surface area contributed by atoms with Gasteiger partial charge in [0.1, 0.15) is 0 Å². The van der Waals surface area contributed by atoms with Gasteiger partial charge in [0, 0.05) is 24.9 Å². The van der Waals surface area contributed by atoms with E-state index in [0.717, 1.165) is 18.6 Å². The third kappa shape index (κ3) is 4.40. The molecule has 5 nitrogen and oxygen atoms in total. The minimum Gasteiger partial charge on any atom is -0.481 e. The highest BCUT2D eigenvalue weighted by molar-refractivity contribution is 7.98. The molecule has 0 bridgehead atoms. The number of piperidine rings is 1. The molecule has 0 aromatic carbocycles. The standard InChI is InChI=1S/C12H22N2O3S/c1-3-10(8-18-2)13-12(17)14-6-4-5-9(7-14)11(15)16/h9-10H,3-8H2,1-2H3,(H,13,17)(H,15,16). The van der Waals surface area contributed by atoms with Gasteiger partial charge in [-0.05, 0) is 25.5 Å². The van der Waals surface area contributed by atoms with Crippen LogP contribution in [0.1, 0.15) is 26.2 Å². The van der Waals surface area contributed by atoms with Crippen LogP contribution in [0.25, 0.3) is 0 Å². The molecule has 6 heteroatoms. The number of thioether (sulfide) groups is 1. The molecule has 1 rings (SSSR count). The van der Waals surface area contributed by atoms with Gasteiger partial charge in [-0.1, -0.05) is 6.92 Å². The Bertz CT molecular complexity index is 299. The van der Waals surface area contributed by atoms with Crippen molar-refractivity contribution in [2.75, 3.05) is 25.1 Å². The van der Waals surface area contributed by atoms with E-state index in [1.54, 1.807) is 16.7 Å². The van der Waals surface area contributed by atoms with Crippen LogP contribution in [0, 0.1) is 5.92 Å². The van der Waals surface area contributed by atoms with Gasteiger partial charge in [0.15, 0.2) is 0 Å². The topological polar surface area (TPSA) is 69.6 Å². The summed E-state index contributed by atoms with van der Waals surface area (Å²) in [6, 6.07) is 0.0413. The molecule has 0 radical (unpaired) electrons. The van der Waals surface area contributed by atoms with Crippen LogP contribution in [-0.2, 0) is 4.79 Å². The number of nitrogens with one attached hydrogen (secondary N) is 1. The molecule has 104 valence electrons. The van der Waals surface area contributed by atoms with E-state index in [0.29, 0.717) is 19.5 Å². The molecular formula is C12H22N2O3S. The van der Waals surface area contributed by atoms with Crippen molar-refractivity contribution in [3.63, 3.8) is 0 Å². The Hall–Kier alpha value is -0.910. The first-order valence-electron chi connectivity index (χ1n) is 6.35. The van der Waals surface area contributed by atoms with Crippen molar-refractivity contribution in [1.82, 2.24) is 10.2 Å². The number of hydrogen-bond acceptors (Lipinski definition) is 3. The predicted molar refractivity (Wildman–Crippen MR) is 72.9 cm³/mol. The third-order valence-electron chi connectivity index (χ3n) is 3.25. The minimum absolute atomic E-state index is 0.123. The van der Waals surface area contributed by atoms with E-state index < -0.39 is 11.9 Å². The van der Waals surface area contributed by atoms with Crippen molar-refractivity contribution in [3.05, 3.63) is 0 Å². The van der Waals surface area contributed by atoms with Gasteiger partial charge in [-0.25, -0.2) is 4.79 Å². The van der Waals surface area contributed by atoms with E-state index in [-0.39, 0.29) is 12.1 Å². The summed E-state index contributed by atoms with van der Waals surface area (Å²) in [6.45, 7) is 3.03. The van der Waals surface area contributed by atoms with Crippen molar-refractivity contribution in [2.45, 2.75) is 32.2 Å². The molecule has 2 unspecified atom stereocenters. The van der Waals surface area contributed by atoms with Crippen LogP contribution in [-0.4, -0.2) is 53.1 Å². The van der Waals surface area contributed by atoms with Crippen LogP contribution >= 0.6 is 11.8 Å². The predicted octanol–water partition coefficient (Wildman–Crippen LogP) is 1.63. The Kier molecular flexibility index (Phi) is 6.32. The van der Waals surface area contributed by atoms with E-state index in [1.165, 1.54) is 0 Å². The summed E-state index contributed by atoms with van der Waals surface area (Å²) in [4.78, 5) is 24.6. The molecule has 0 spiro atoms. The third-order valence-corrected chi connectivity index (χ3v) is 3.98. The number of hydrogen-bond donors (Lipinski definition) is 2. The Balaban J connectivity index is 2.47. The number of nitrogens with zero attached hydrogens (tertiary/aromatic N) is 1. The highest BCUT2D eigenvalue weighted by Crippen LogP contribution is 2.16. The smallest absolute Gasteiger partial charge is 0.317 e. The normalized spacial score (nSPS) is 21.4. The molecule has 0 aromatic heterocycles. The van der Waals surface area contributed by atoms with Crippen molar-refractivity contribution < 1.29 is 14.7 Å². The number of carbonyl (C=O) groups excluding carboxylic acids is 1. The highest BCUT2D eigenvalue weighted by Gasteiger charge is 2.28. The van der Waals surface area contributed by atoms with Gasteiger partial charge < -0.3 is 15.3 Å². The van der Waals surface area contributed by atoms with Crippen molar-refractivity contribution >= 4 is 23.8 Å². The van der Waals surface area contributed by atoms with Gasteiger partial charge in [-0.3, -0.25) is 4.79 Å². The molecule has 1 aliphatic rings. The zero-order valence-corrected chi connectivity index (χ0v) is 11.8. The lowest BCUT2D eigenvalue weighted by Gasteiger charge is -2.32. The Morgan fingerprint density at radius 3 is 2.83 bits per heavy atom. The summed E-state index contributed by atoms with van der Waals surface area (Å²) in [7, 11) is 0. The second-order valence-electron chi connectivity index (χ2n) is 4.63. The summed E-state index contributed by atoms with van der Waals surface area (Å²) < 4.78 is 0. The van der Waals surface area contributed by atoms with Gasteiger partial charge >= 0.3 is 12.0 Å². The average Bonchev–Trinajstić information content (AvgIpc) is 2.38. The van der Waals surface area contributed by atoms with Crippen LogP contribution < -0.4 is 5.32 Å². The number of urea groups is 1. The lowest BCUT2D eigenvalue weighted by Crippen LogP contribution is -2.50. The Morgan fingerprint density at radius 1 is 1.56 bits per heavy atom. The van der Waals surface area contributed by atoms with E-state index in [2.05, 4.69) is 5.32 Å². The number of carboxylic acids is 1. The average molecular weight is 274 g/mol. The van der Waals surface area contributed by atoms with Gasteiger partial charge in [0.2, 0.25) is 0 Å². The second-order valence-corrected chi connectivity index (χ2v) is 5.54. The highest BCUT2D eigenvalue weighted by atomic mass is 32.2. The lowest BCUT2D eigenvalue weighted by molar-refractivity contribution is -0.143. The van der Waals surface area contributed by atoms with Gasteiger partial charge in [0.25, 0.3) is 0 Å². The second kappa shape index (κ2) is 7.51. The number of likely N-dealkylation sites (tertiary alicyclic amines) is 1. The monoisotopic (exact) mass is 274 g/mol. The van der Waals surface area contributed by atoms with E-state index >= 15 is 0 Å². The van der Waals surface area contributed by atoms with Gasteiger partial charge in [-0.15, -0.1) is 0 Å². The molecule has 1 heterocycles. The van der Waals surface area contributed by atoms with E-state index in [1.807, 2.05) is 13.2 Å². The molecule has 0 aliphatic carbocycles. The maximum Gasteiger partial charge on any atom is 0.317 e. The molecular weight excluding hydrogens is 252 g/mol. The van der Waals surface area contributed by atoms with E-state index in [4.69, 9.17) is 5.11 Å². The summed E-state index contributed by atoms with van der Waals surface area (Å²) in [5, 5.41) is 12.0. The summed E-state index contributed by atoms with van der Waals surface area (Å²) in [5.74, 6) is -0.327. The summed E-state index contributed by atoms with van der Waals surface area (Å²) >= 11 is 1.70. The van der Waals surface area contributed by atoms with Crippen LogP contribution in [0.15, 0.2) is 0 Å². The van der Waals surface area contributed by atoms with Crippen LogP contribution in [0.2, 0.25) is 0 Å². The number of carboxylic acid groups (broad SMARTS) is 1. The number of amides is 2. The first-order valence-corrected chi connectivity index (χ1v) is 7.75. The fraction of sp³-hybridized carbons (Fsp3) is 0.833. The molecule has 0 aromatic rings. The lowest BCUT2D eigenvalue weighted by atomic mass is 9.99. The Labute approximate surface area is 112 Å². The molecule has 2 atom stereocenters. The fourth-order valence-corrected chi connectivity index (χ4v) is 2.81. The van der Waals surface area contributed by atoms with Crippen LogP contribution in [0.3, 0.4) is 0 Å². The van der Waals surface area contributed by atoms with Crippen LogP contribution in [0.4, 0.5) is 4.79 Å². The number of carbonyl (C=O) groups is 2. The first kappa shape index (κ1) is 15.1. The van der Waals surface area contributed by atoms with Gasteiger partial charge in [-0.2, -0.15) is 11.8 Å². The SMILES string of the molecule is CCC(CSC)NC(=O)N1CCCC(C(=O)O)C1. The molecule has 2 amide bonds. The number of rotatable bonds is 5. The number of aliphatic carboxylic acids is 1. The van der Waals surface area contributed by atoms with Crippen molar-refractivity contribution in [2.24, 2.45) is 5.92 Å². The molecule has 2 N–H and O–H groups in total. The summed E-state index contributed by atoms with van der Waals surface area (Å²) in [5.41, 5.74) is 0. The Morgan fingerprint density at radius 2 is 2.28 bits per heavy atom. The molecule has 1 fully saturated rings. The first-order chi connectivity index (χ1) is 8.58. The van der Waals surface area contributed by atoms with E-state index in [9.17, 15) is 9.59 Å². The molecule has 18 heavy (non-hydrogen) atoms. The molecule has 0 saturated carbocycles. The molecule has 1 saturated heterocycles. The van der Waals surface area contributed by atoms with Crippen LogP contribution in [0.5, 0.6) is 0 Å². The molecule has 1 aliphatic heterocycles. The largest absolute Gasteiger partial charge is 0.481 e. The zero-order valence-electron chi connectivity index (χ0n) is 11.0. The fourth-order valence-electron chi connectivity index (χ4n) is 2.09.